The van der Waals surface area contributed by atoms with Gasteiger partial charge in [-0.05, 0) is 26.7 Å². The van der Waals surface area contributed by atoms with Crippen molar-refractivity contribution in [1.82, 2.24) is 10.2 Å². The number of carbonyl (C=O) groups is 1. The summed E-state index contributed by atoms with van der Waals surface area (Å²) in [5.41, 5.74) is 0. The predicted octanol–water partition coefficient (Wildman–Crippen LogP) is 0.866. The first-order valence-electron chi connectivity index (χ1n) is 6.68. The van der Waals surface area contributed by atoms with Gasteiger partial charge in [-0.25, -0.2) is 0 Å². The molecule has 2 saturated heterocycles. The highest BCUT2D eigenvalue weighted by Crippen LogP contribution is 2.33. The number of piperazine rings is 1. The average molecular weight is 240 g/mol. The van der Waals surface area contributed by atoms with Crippen LogP contribution in [0.4, 0.5) is 0 Å². The summed E-state index contributed by atoms with van der Waals surface area (Å²) >= 11 is 0. The monoisotopic (exact) mass is 240 g/mol. The molecule has 98 valence electrons. The molecule has 0 aromatic heterocycles. The fraction of sp³-hybridized carbons (Fsp3) is 0.923. The van der Waals surface area contributed by atoms with Crippen LogP contribution in [0.25, 0.3) is 0 Å². The number of carbonyl (C=O) groups excluding carboxylic acids is 1. The third-order valence-corrected chi connectivity index (χ3v) is 4.21. The zero-order chi connectivity index (χ0) is 12.6. The van der Waals surface area contributed by atoms with Crippen molar-refractivity contribution in [3.63, 3.8) is 0 Å². The van der Waals surface area contributed by atoms with Gasteiger partial charge in [0.25, 0.3) is 0 Å². The zero-order valence-corrected chi connectivity index (χ0v) is 11.3. The van der Waals surface area contributed by atoms with Gasteiger partial charge in [0.05, 0.1) is 18.1 Å². The van der Waals surface area contributed by atoms with Gasteiger partial charge in [0.15, 0.2) is 0 Å². The lowest BCUT2D eigenvalue weighted by molar-refractivity contribution is -0.139. The Labute approximate surface area is 104 Å². The van der Waals surface area contributed by atoms with Crippen LogP contribution in [0.5, 0.6) is 0 Å². The summed E-state index contributed by atoms with van der Waals surface area (Å²) < 4.78 is 5.76. The second-order valence-corrected chi connectivity index (χ2v) is 5.57. The molecule has 2 aliphatic rings. The minimum absolute atomic E-state index is 0.0373. The highest BCUT2D eigenvalue weighted by molar-refractivity contribution is 5.80. The number of rotatable bonds is 1. The normalized spacial score (nSPS) is 42.8. The summed E-state index contributed by atoms with van der Waals surface area (Å²) in [4.78, 5) is 14.5. The molecular weight excluding hydrogens is 216 g/mol. The van der Waals surface area contributed by atoms with Gasteiger partial charge in [-0.3, -0.25) is 4.79 Å². The van der Waals surface area contributed by atoms with Crippen LogP contribution in [-0.4, -0.2) is 48.7 Å². The molecule has 2 heterocycles. The lowest BCUT2D eigenvalue weighted by Gasteiger charge is -2.35. The van der Waals surface area contributed by atoms with Gasteiger partial charge in [-0.15, -0.1) is 0 Å². The maximum Gasteiger partial charge on any atom is 0.228 e. The molecule has 4 heteroatoms. The van der Waals surface area contributed by atoms with Gasteiger partial charge in [-0.1, -0.05) is 6.92 Å². The number of nitrogens with one attached hydrogen (secondary N) is 1. The van der Waals surface area contributed by atoms with Crippen LogP contribution in [0.15, 0.2) is 0 Å². The molecule has 0 aromatic carbocycles. The Bertz CT molecular complexity index is 295. The van der Waals surface area contributed by atoms with E-state index in [2.05, 4.69) is 26.1 Å². The van der Waals surface area contributed by atoms with Crippen molar-refractivity contribution in [1.29, 1.82) is 0 Å². The Morgan fingerprint density at radius 3 is 2.47 bits per heavy atom. The van der Waals surface area contributed by atoms with Crippen LogP contribution >= 0.6 is 0 Å². The lowest BCUT2D eigenvalue weighted by atomic mass is 9.88. The maximum atomic E-state index is 12.5. The standard InChI is InChI=1S/C13H24N2O2/c1-8-7-15(6-5-14-8)13(16)12-9(2)10(3)17-11(12)4/h8-12,14H,5-7H2,1-4H3. The Morgan fingerprint density at radius 1 is 1.24 bits per heavy atom. The third kappa shape index (κ3) is 2.47. The first-order chi connectivity index (χ1) is 8.00. The van der Waals surface area contributed by atoms with Gasteiger partial charge >= 0.3 is 0 Å². The van der Waals surface area contributed by atoms with Crippen molar-refractivity contribution in [3.8, 4) is 0 Å². The van der Waals surface area contributed by atoms with E-state index >= 15 is 0 Å². The van der Waals surface area contributed by atoms with Crippen molar-refractivity contribution < 1.29 is 9.53 Å². The van der Waals surface area contributed by atoms with Crippen LogP contribution in [-0.2, 0) is 9.53 Å². The molecule has 1 N–H and O–H groups in total. The van der Waals surface area contributed by atoms with Gasteiger partial charge in [0.1, 0.15) is 0 Å². The first-order valence-corrected chi connectivity index (χ1v) is 6.68. The molecule has 0 bridgehead atoms. The number of amides is 1. The van der Waals surface area contributed by atoms with E-state index in [9.17, 15) is 4.79 Å². The van der Waals surface area contributed by atoms with Gasteiger partial charge in [0.2, 0.25) is 5.91 Å². The van der Waals surface area contributed by atoms with Crippen molar-refractivity contribution in [3.05, 3.63) is 0 Å². The fourth-order valence-electron chi connectivity index (χ4n) is 3.04. The summed E-state index contributed by atoms with van der Waals surface area (Å²) in [6, 6.07) is 0.401. The van der Waals surface area contributed by atoms with Crippen molar-refractivity contribution in [2.45, 2.75) is 45.9 Å². The summed E-state index contributed by atoms with van der Waals surface area (Å²) in [6.45, 7) is 10.9. The summed E-state index contributed by atoms with van der Waals surface area (Å²) in [7, 11) is 0. The summed E-state index contributed by atoms with van der Waals surface area (Å²) in [5, 5.41) is 3.36. The molecule has 1 amide bonds. The van der Waals surface area contributed by atoms with Crippen LogP contribution in [0.3, 0.4) is 0 Å². The molecule has 0 aliphatic carbocycles. The molecule has 0 aromatic rings. The van der Waals surface area contributed by atoms with E-state index < -0.39 is 0 Å². The molecule has 2 aliphatic heterocycles. The van der Waals surface area contributed by atoms with Crippen molar-refractivity contribution in [2.24, 2.45) is 11.8 Å². The van der Waals surface area contributed by atoms with Crippen LogP contribution in [0.1, 0.15) is 27.7 Å². The minimum atomic E-state index is 0.0373. The molecule has 5 atom stereocenters. The quantitative estimate of drug-likeness (QED) is 0.739. The largest absolute Gasteiger partial charge is 0.374 e. The Hall–Kier alpha value is -0.610. The smallest absolute Gasteiger partial charge is 0.228 e. The SMILES string of the molecule is CC1CN(C(=O)C2C(C)OC(C)C2C)CCN1. The van der Waals surface area contributed by atoms with Crippen LogP contribution < -0.4 is 5.32 Å². The van der Waals surface area contributed by atoms with E-state index in [0.717, 1.165) is 19.6 Å². The molecule has 5 unspecified atom stereocenters. The van der Waals surface area contributed by atoms with Crippen LogP contribution in [0.2, 0.25) is 0 Å². The van der Waals surface area contributed by atoms with Gasteiger partial charge < -0.3 is 15.0 Å². The summed E-state index contributed by atoms with van der Waals surface area (Å²) in [5.74, 6) is 0.640. The molecule has 4 nitrogen and oxygen atoms in total. The highest BCUT2D eigenvalue weighted by atomic mass is 16.5. The van der Waals surface area contributed by atoms with E-state index in [1.165, 1.54) is 0 Å². The van der Waals surface area contributed by atoms with E-state index in [-0.39, 0.29) is 24.0 Å². The van der Waals surface area contributed by atoms with Gasteiger partial charge in [0, 0.05) is 25.7 Å². The average Bonchev–Trinajstić information content (AvgIpc) is 2.52. The molecular formula is C13H24N2O2. The molecule has 0 saturated carbocycles. The van der Waals surface area contributed by atoms with Gasteiger partial charge in [-0.2, -0.15) is 0 Å². The number of hydrogen-bond donors (Lipinski definition) is 1. The van der Waals surface area contributed by atoms with E-state index in [0.29, 0.717) is 12.0 Å². The zero-order valence-electron chi connectivity index (χ0n) is 11.3. The second-order valence-electron chi connectivity index (χ2n) is 5.57. The highest BCUT2D eigenvalue weighted by Gasteiger charge is 2.43. The second kappa shape index (κ2) is 4.94. The molecule has 2 rings (SSSR count). The fourth-order valence-corrected chi connectivity index (χ4v) is 3.04. The number of hydrogen-bond acceptors (Lipinski definition) is 3. The minimum Gasteiger partial charge on any atom is -0.374 e. The molecule has 2 fully saturated rings. The van der Waals surface area contributed by atoms with E-state index in [1.807, 2.05) is 11.8 Å². The van der Waals surface area contributed by atoms with E-state index in [1.54, 1.807) is 0 Å². The predicted molar refractivity (Wildman–Crippen MR) is 66.7 cm³/mol. The third-order valence-electron chi connectivity index (χ3n) is 4.21. The van der Waals surface area contributed by atoms with Crippen molar-refractivity contribution >= 4 is 5.91 Å². The lowest BCUT2D eigenvalue weighted by Crippen LogP contribution is -2.54. The number of ether oxygens (including phenoxy) is 1. The van der Waals surface area contributed by atoms with E-state index in [4.69, 9.17) is 4.74 Å². The maximum absolute atomic E-state index is 12.5. The molecule has 17 heavy (non-hydrogen) atoms. The summed E-state index contributed by atoms with van der Waals surface area (Å²) in [6.07, 6.45) is 0.247. The number of nitrogens with zero attached hydrogens (tertiary/aromatic N) is 1. The van der Waals surface area contributed by atoms with Crippen LogP contribution in [0, 0.1) is 11.8 Å². The molecule has 0 radical (unpaired) electrons. The Morgan fingerprint density at radius 2 is 1.94 bits per heavy atom. The topological polar surface area (TPSA) is 41.6 Å². The molecule has 0 spiro atoms. The first kappa shape index (κ1) is 12.8. The Balaban J connectivity index is 2.04. The Kier molecular flexibility index (Phi) is 3.73. The van der Waals surface area contributed by atoms with Crippen molar-refractivity contribution in [2.75, 3.05) is 19.6 Å².